The van der Waals surface area contributed by atoms with Crippen LogP contribution in [0.25, 0.3) is 0 Å². The van der Waals surface area contributed by atoms with Crippen molar-refractivity contribution in [2.45, 2.75) is 6.92 Å². The second kappa shape index (κ2) is 5.89. The van der Waals surface area contributed by atoms with E-state index in [2.05, 4.69) is 15.3 Å². The fourth-order valence-electron chi connectivity index (χ4n) is 1.69. The molecule has 6 nitrogen and oxygen atoms in total. The van der Waals surface area contributed by atoms with Gasteiger partial charge in [-0.2, -0.15) is 5.26 Å². The minimum absolute atomic E-state index is 0.315. The van der Waals surface area contributed by atoms with Crippen LogP contribution in [0.5, 0.6) is 11.5 Å². The summed E-state index contributed by atoms with van der Waals surface area (Å²) in [5.74, 6) is 1.66. The molecule has 1 heterocycles. The first-order valence-electron chi connectivity index (χ1n) is 5.90. The number of ether oxygens (including phenoxy) is 2. The van der Waals surface area contributed by atoms with Gasteiger partial charge < -0.3 is 14.8 Å². The highest BCUT2D eigenvalue weighted by Gasteiger charge is 2.05. The van der Waals surface area contributed by atoms with Gasteiger partial charge in [-0.1, -0.05) is 0 Å². The first kappa shape index (κ1) is 13.6. The molecule has 102 valence electrons. The van der Waals surface area contributed by atoms with Crippen LogP contribution >= 0.6 is 0 Å². The third-order valence-electron chi connectivity index (χ3n) is 2.58. The monoisotopic (exact) mass is 270 g/mol. The molecule has 0 atom stereocenters. The maximum Gasteiger partial charge on any atom is 0.228 e. The number of aryl methyl sites for hydroxylation is 1. The van der Waals surface area contributed by atoms with Crippen LogP contribution in [0.15, 0.2) is 24.3 Å². The molecule has 0 fully saturated rings. The molecule has 20 heavy (non-hydrogen) atoms. The summed E-state index contributed by atoms with van der Waals surface area (Å²) in [6.45, 7) is 1.81. The van der Waals surface area contributed by atoms with E-state index in [0.717, 1.165) is 5.69 Å². The number of aromatic nitrogens is 2. The van der Waals surface area contributed by atoms with Gasteiger partial charge in [-0.05, 0) is 13.0 Å². The second-order valence-electron chi connectivity index (χ2n) is 4.06. The summed E-state index contributed by atoms with van der Waals surface area (Å²) in [6, 6.07) is 8.97. The van der Waals surface area contributed by atoms with Crippen LogP contribution in [0, 0.1) is 18.3 Å². The number of nitrogens with one attached hydrogen (secondary N) is 1. The number of hydrogen-bond acceptors (Lipinski definition) is 6. The molecular formula is C14H14N4O2. The summed E-state index contributed by atoms with van der Waals surface area (Å²) in [4.78, 5) is 8.33. The van der Waals surface area contributed by atoms with Gasteiger partial charge in [0.2, 0.25) is 5.95 Å². The van der Waals surface area contributed by atoms with Gasteiger partial charge in [-0.25, -0.2) is 9.97 Å². The lowest BCUT2D eigenvalue weighted by atomic mass is 10.3. The molecule has 0 spiro atoms. The summed E-state index contributed by atoms with van der Waals surface area (Å²) in [5.41, 5.74) is 1.75. The van der Waals surface area contributed by atoms with E-state index < -0.39 is 0 Å². The Hall–Kier alpha value is -2.81. The van der Waals surface area contributed by atoms with E-state index in [1.54, 1.807) is 45.4 Å². The SMILES string of the molecule is COc1cc(Nc2nc(C)cc(C#N)n2)cc(OC)c1. The van der Waals surface area contributed by atoms with Crippen molar-refractivity contribution in [3.63, 3.8) is 0 Å². The van der Waals surface area contributed by atoms with E-state index in [1.165, 1.54) is 0 Å². The summed E-state index contributed by atoms with van der Waals surface area (Å²) in [7, 11) is 3.16. The molecule has 0 bridgehead atoms. The van der Waals surface area contributed by atoms with Crippen LogP contribution in [-0.2, 0) is 0 Å². The predicted octanol–water partition coefficient (Wildman–Crippen LogP) is 2.42. The van der Waals surface area contributed by atoms with Gasteiger partial charge in [0.15, 0.2) is 0 Å². The highest BCUT2D eigenvalue weighted by molar-refractivity contribution is 5.59. The lowest BCUT2D eigenvalue weighted by Crippen LogP contribution is -2.01. The number of rotatable bonds is 4. The molecule has 2 rings (SSSR count). The van der Waals surface area contributed by atoms with Gasteiger partial charge in [-0.15, -0.1) is 0 Å². The molecule has 2 aromatic rings. The fraction of sp³-hybridized carbons (Fsp3) is 0.214. The minimum atomic E-state index is 0.315. The first-order chi connectivity index (χ1) is 9.64. The zero-order valence-corrected chi connectivity index (χ0v) is 11.5. The maximum absolute atomic E-state index is 8.91. The van der Waals surface area contributed by atoms with E-state index in [4.69, 9.17) is 14.7 Å². The third kappa shape index (κ3) is 3.14. The highest BCUT2D eigenvalue weighted by Crippen LogP contribution is 2.27. The van der Waals surface area contributed by atoms with E-state index >= 15 is 0 Å². The quantitative estimate of drug-likeness (QED) is 0.919. The van der Waals surface area contributed by atoms with Gasteiger partial charge in [-0.3, -0.25) is 0 Å². The first-order valence-corrected chi connectivity index (χ1v) is 5.90. The van der Waals surface area contributed by atoms with E-state index in [9.17, 15) is 0 Å². The molecule has 1 N–H and O–H groups in total. The molecule has 1 aromatic heterocycles. The highest BCUT2D eigenvalue weighted by atomic mass is 16.5. The van der Waals surface area contributed by atoms with Gasteiger partial charge >= 0.3 is 0 Å². The van der Waals surface area contributed by atoms with Gasteiger partial charge in [0, 0.05) is 29.6 Å². The van der Waals surface area contributed by atoms with Gasteiger partial charge in [0.1, 0.15) is 23.3 Å². The molecule has 0 unspecified atom stereocenters. The number of nitriles is 1. The molecule has 0 amide bonds. The Balaban J connectivity index is 2.34. The number of anilines is 2. The van der Waals surface area contributed by atoms with Crippen molar-refractivity contribution in [3.8, 4) is 17.6 Å². The average Bonchev–Trinajstić information content (AvgIpc) is 2.46. The molecule has 0 radical (unpaired) electrons. The third-order valence-corrected chi connectivity index (χ3v) is 2.58. The Morgan fingerprint density at radius 1 is 1.05 bits per heavy atom. The summed E-state index contributed by atoms with van der Waals surface area (Å²) in [5, 5.41) is 11.9. The fourth-order valence-corrected chi connectivity index (χ4v) is 1.69. The average molecular weight is 270 g/mol. The number of methoxy groups -OCH3 is 2. The molecule has 0 saturated carbocycles. The minimum Gasteiger partial charge on any atom is -0.497 e. The Labute approximate surface area is 117 Å². The molecule has 0 saturated heterocycles. The molecular weight excluding hydrogens is 256 g/mol. The van der Waals surface area contributed by atoms with Crippen LogP contribution in [-0.4, -0.2) is 24.2 Å². The Bertz CT molecular complexity index is 642. The zero-order valence-electron chi connectivity index (χ0n) is 11.5. The van der Waals surface area contributed by atoms with Crippen molar-refractivity contribution in [2.24, 2.45) is 0 Å². The van der Waals surface area contributed by atoms with Crippen molar-refractivity contribution < 1.29 is 9.47 Å². The molecule has 0 aliphatic carbocycles. The number of nitrogens with zero attached hydrogens (tertiary/aromatic N) is 3. The van der Waals surface area contributed by atoms with Crippen molar-refractivity contribution in [1.82, 2.24) is 9.97 Å². The van der Waals surface area contributed by atoms with Gasteiger partial charge in [0.25, 0.3) is 0 Å². The lowest BCUT2D eigenvalue weighted by molar-refractivity contribution is 0.395. The summed E-state index contributed by atoms with van der Waals surface area (Å²) >= 11 is 0. The molecule has 0 aliphatic heterocycles. The van der Waals surface area contributed by atoms with Crippen LogP contribution in [0.2, 0.25) is 0 Å². The van der Waals surface area contributed by atoms with Crippen LogP contribution in [0.3, 0.4) is 0 Å². The molecule has 6 heteroatoms. The smallest absolute Gasteiger partial charge is 0.228 e. The Kier molecular flexibility index (Phi) is 4.01. The van der Waals surface area contributed by atoms with Crippen molar-refractivity contribution in [3.05, 3.63) is 35.7 Å². The van der Waals surface area contributed by atoms with Crippen LogP contribution in [0.4, 0.5) is 11.6 Å². The normalized spacial score (nSPS) is 9.70. The van der Waals surface area contributed by atoms with Crippen molar-refractivity contribution >= 4 is 11.6 Å². The Morgan fingerprint density at radius 3 is 2.25 bits per heavy atom. The van der Waals surface area contributed by atoms with E-state index in [1.807, 2.05) is 6.07 Å². The van der Waals surface area contributed by atoms with Gasteiger partial charge in [0.05, 0.1) is 14.2 Å². The van der Waals surface area contributed by atoms with E-state index in [-0.39, 0.29) is 0 Å². The topological polar surface area (TPSA) is 80.1 Å². The van der Waals surface area contributed by atoms with E-state index in [0.29, 0.717) is 28.8 Å². The molecule has 1 aromatic carbocycles. The second-order valence-corrected chi connectivity index (χ2v) is 4.06. The summed E-state index contributed by atoms with van der Waals surface area (Å²) < 4.78 is 10.4. The van der Waals surface area contributed by atoms with Crippen LogP contribution in [0.1, 0.15) is 11.4 Å². The van der Waals surface area contributed by atoms with Crippen molar-refractivity contribution in [2.75, 3.05) is 19.5 Å². The largest absolute Gasteiger partial charge is 0.497 e. The zero-order chi connectivity index (χ0) is 14.5. The maximum atomic E-state index is 8.91. The van der Waals surface area contributed by atoms with Crippen LogP contribution < -0.4 is 14.8 Å². The standard InChI is InChI=1S/C14H14N4O2/c1-9-4-11(8-15)18-14(16-9)17-10-5-12(19-2)7-13(6-10)20-3/h4-7H,1-3H3,(H,16,17,18). The number of benzene rings is 1. The summed E-state index contributed by atoms with van der Waals surface area (Å²) in [6.07, 6.45) is 0. The Morgan fingerprint density at radius 2 is 1.70 bits per heavy atom. The number of hydrogen-bond donors (Lipinski definition) is 1. The lowest BCUT2D eigenvalue weighted by Gasteiger charge is -2.10. The predicted molar refractivity (Wildman–Crippen MR) is 74.3 cm³/mol. The molecule has 0 aliphatic rings. The van der Waals surface area contributed by atoms with Crippen molar-refractivity contribution in [1.29, 1.82) is 5.26 Å².